The third kappa shape index (κ3) is 9.70. The summed E-state index contributed by atoms with van der Waals surface area (Å²) in [7, 11) is -4.56. The molecule has 0 saturated carbocycles. The molecule has 7 nitrogen and oxygen atoms in total. The second kappa shape index (κ2) is 14.9. The fourth-order valence-electron chi connectivity index (χ4n) is 5.04. The summed E-state index contributed by atoms with van der Waals surface area (Å²) in [5.74, 6) is -1.25. The molecular weight excluding hydrogens is 707 g/mol. The Labute approximate surface area is 287 Å². The molecule has 4 aromatic carbocycles. The zero-order chi connectivity index (χ0) is 35.3. The molecule has 1 N–H and O–H groups in total. The van der Waals surface area contributed by atoms with Crippen LogP contribution in [0.1, 0.15) is 43.0 Å². The summed E-state index contributed by atoms with van der Waals surface area (Å²) < 4.78 is 71.1. The van der Waals surface area contributed by atoms with Crippen LogP contribution in [0.15, 0.2) is 112 Å². The van der Waals surface area contributed by atoms with Crippen molar-refractivity contribution in [1.82, 2.24) is 10.2 Å². The molecule has 12 heteroatoms. The smallest absolute Gasteiger partial charge is 0.350 e. The maximum absolute atomic E-state index is 14.5. The van der Waals surface area contributed by atoms with E-state index < -0.39 is 51.7 Å². The van der Waals surface area contributed by atoms with Crippen LogP contribution in [-0.4, -0.2) is 43.3 Å². The highest BCUT2D eigenvalue weighted by molar-refractivity contribution is 9.10. The summed E-state index contributed by atoms with van der Waals surface area (Å²) in [5.41, 5.74) is 0.0698. The molecular formula is C36H37BrF3N3O4S. The topological polar surface area (TPSA) is 86.8 Å². The zero-order valence-corrected chi connectivity index (χ0v) is 29.4. The average molecular weight is 745 g/mol. The maximum atomic E-state index is 14.5. The van der Waals surface area contributed by atoms with Crippen molar-refractivity contribution >= 4 is 43.5 Å². The molecule has 0 aliphatic rings. The largest absolute Gasteiger partial charge is 0.416 e. The molecule has 254 valence electrons. The number of nitrogens with zero attached hydrogens (tertiary/aromatic N) is 2. The van der Waals surface area contributed by atoms with Gasteiger partial charge in [-0.25, -0.2) is 8.42 Å². The summed E-state index contributed by atoms with van der Waals surface area (Å²) in [6, 6.07) is 24.7. The van der Waals surface area contributed by atoms with Crippen LogP contribution in [0.3, 0.4) is 0 Å². The van der Waals surface area contributed by atoms with Gasteiger partial charge < -0.3 is 10.2 Å². The third-order valence-corrected chi connectivity index (χ3v) is 9.64. The summed E-state index contributed by atoms with van der Waals surface area (Å²) in [5, 5.41) is 2.94. The highest BCUT2D eigenvalue weighted by Gasteiger charge is 2.37. The van der Waals surface area contributed by atoms with Gasteiger partial charge in [0.25, 0.3) is 10.0 Å². The monoisotopic (exact) mass is 743 g/mol. The van der Waals surface area contributed by atoms with Crippen LogP contribution in [-0.2, 0) is 38.8 Å². The van der Waals surface area contributed by atoms with Crippen LogP contribution in [0.5, 0.6) is 0 Å². The molecule has 0 fully saturated rings. The molecule has 1 atom stereocenters. The standard InChI is InChI=1S/C36H37BrF3N3O4S/c1-25-16-18-31(19-17-25)48(46,47)43(30-15-9-13-28(22-30)36(38,39)40)24-33(44)42(23-27-12-8-14-29(37)20-27)32(34(45)41-35(2,3)4)21-26-10-6-5-7-11-26/h5-20,22,32H,21,23-24H2,1-4H3,(H,41,45). The lowest BCUT2D eigenvalue weighted by Crippen LogP contribution is -2.56. The third-order valence-electron chi connectivity index (χ3n) is 7.36. The predicted octanol–water partition coefficient (Wildman–Crippen LogP) is 7.53. The van der Waals surface area contributed by atoms with E-state index in [0.29, 0.717) is 15.9 Å². The number of alkyl halides is 3. The SMILES string of the molecule is Cc1ccc(S(=O)(=O)N(CC(=O)N(Cc2cccc(Br)c2)C(Cc2ccccc2)C(=O)NC(C)(C)C)c2cccc(C(F)(F)F)c2)cc1. The quantitative estimate of drug-likeness (QED) is 0.172. The van der Waals surface area contributed by atoms with Gasteiger partial charge in [-0.3, -0.25) is 13.9 Å². The molecule has 0 radical (unpaired) electrons. The van der Waals surface area contributed by atoms with Gasteiger partial charge in [-0.1, -0.05) is 82.2 Å². The Kier molecular flexibility index (Phi) is 11.4. The van der Waals surface area contributed by atoms with Crippen molar-refractivity contribution in [2.45, 2.75) is 63.3 Å². The van der Waals surface area contributed by atoms with Gasteiger partial charge in [-0.2, -0.15) is 13.2 Å². The number of carbonyl (C=O) groups is 2. The van der Waals surface area contributed by atoms with Crippen molar-refractivity contribution in [1.29, 1.82) is 0 Å². The van der Waals surface area contributed by atoms with Crippen LogP contribution in [0, 0.1) is 6.92 Å². The van der Waals surface area contributed by atoms with Gasteiger partial charge >= 0.3 is 6.18 Å². The van der Waals surface area contributed by atoms with E-state index in [9.17, 15) is 31.2 Å². The minimum atomic E-state index is -4.77. The summed E-state index contributed by atoms with van der Waals surface area (Å²) in [6.07, 6.45) is -4.67. The molecule has 0 aliphatic heterocycles. The van der Waals surface area contributed by atoms with Gasteiger partial charge in [-0.15, -0.1) is 0 Å². The van der Waals surface area contributed by atoms with E-state index in [1.54, 1.807) is 76.2 Å². The Balaban J connectivity index is 1.86. The van der Waals surface area contributed by atoms with Crippen molar-refractivity contribution in [2.75, 3.05) is 10.8 Å². The minimum Gasteiger partial charge on any atom is -0.350 e. The van der Waals surface area contributed by atoms with E-state index in [1.807, 2.05) is 18.2 Å². The average Bonchev–Trinajstić information content (AvgIpc) is 3.01. The number of sulfonamides is 1. The highest BCUT2D eigenvalue weighted by Crippen LogP contribution is 2.33. The molecule has 1 unspecified atom stereocenters. The summed E-state index contributed by atoms with van der Waals surface area (Å²) in [6.45, 7) is 6.20. The maximum Gasteiger partial charge on any atom is 0.416 e. The lowest BCUT2D eigenvalue weighted by Gasteiger charge is -2.35. The number of rotatable bonds is 11. The van der Waals surface area contributed by atoms with Gasteiger partial charge in [-0.05, 0) is 81.3 Å². The number of aryl methyl sites for hydroxylation is 1. The summed E-state index contributed by atoms with van der Waals surface area (Å²) >= 11 is 3.44. The zero-order valence-electron chi connectivity index (χ0n) is 27.0. The fourth-order valence-corrected chi connectivity index (χ4v) is 6.90. The van der Waals surface area contributed by atoms with Crippen LogP contribution >= 0.6 is 15.9 Å². The summed E-state index contributed by atoms with van der Waals surface area (Å²) in [4.78, 5) is 29.6. The molecule has 0 bridgehead atoms. The molecule has 48 heavy (non-hydrogen) atoms. The number of nitrogens with one attached hydrogen (secondary N) is 1. The second-order valence-electron chi connectivity index (χ2n) is 12.5. The van der Waals surface area contributed by atoms with Crippen molar-refractivity contribution in [3.63, 3.8) is 0 Å². The lowest BCUT2D eigenvalue weighted by molar-refractivity contribution is -0.140. The Morgan fingerprint density at radius 3 is 2.06 bits per heavy atom. The van der Waals surface area contributed by atoms with Crippen molar-refractivity contribution < 1.29 is 31.2 Å². The van der Waals surface area contributed by atoms with E-state index in [2.05, 4.69) is 21.2 Å². The Morgan fingerprint density at radius 2 is 1.46 bits per heavy atom. The number of halogens is 4. The van der Waals surface area contributed by atoms with Crippen molar-refractivity contribution in [3.05, 3.63) is 130 Å². The normalized spacial score (nSPS) is 12.7. The fraction of sp³-hybridized carbons (Fsp3) is 0.278. The van der Waals surface area contributed by atoms with Crippen LogP contribution in [0.25, 0.3) is 0 Å². The molecule has 2 amide bonds. The van der Waals surface area contributed by atoms with E-state index in [1.165, 1.54) is 23.1 Å². The van der Waals surface area contributed by atoms with E-state index in [0.717, 1.165) is 27.7 Å². The van der Waals surface area contributed by atoms with Crippen LogP contribution in [0.4, 0.5) is 18.9 Å². The number of hydrogen-bond acceptors (Lipinski definition) is 4. The molecule has 0 heterocycles. The van der Waals surface area contributed by atoms with Gasteiger partial charge in [0.15, 0.2) is 0 Å². The van der Waals surface area contributed by atoms with Gasteiger partial charge in [0, 0.05) is 23.0 Å². The van der Waals surface area contributed by atoms with Gasteiger partial charge in [0.2, 0.25) is 11.8 Å². The molecule has 0 aliphatic carbocycles. The number of hydrogen-bond donors (Lipinski definition) is 1. The first-order chi connectivity index (χ1) is 22.4. The first kappa shape index (κ1) is 36.7. The molecule has 0 aromatic heterocycles. The predicted molar refractivity (Wildman–Crippen MR) is 184 cm³/mol. The van der Waals surface area contributed by atoms with Crippen molar-refractivity contribution in [3.8, 4) is 0 Å². The molecule has 4 aromatic rings. The van der Waals surface area contributed by atoms with Crippen molar-refractivity contribution in [2.24, 2.45) is 0 Å². The van der Waals surface area contributed by atoms with Gasteiger partial charge in [0.1, 0.15) is 12.6 Å². The lowest BCUT2D eigenvalue weighted by atomic mass is 10.0. The van der Waals surface area contributed by atoms with E-state index >= 15 is 0 Å². The van der Waals surface area contributed by atoms with Crippen LogP contribution in [0.2, 0.25) is 0 Å². The Hall–Kier alpha value is -4.16. The first-order valence-electron chi connectivity index (χ1n) is 15.1. The Bertz CT molecular complexity index is 1840. The second-order valence-corrected chi connectivity index (χ2v) is 15.2. The van der Waals surface area contributed by atoms with Crippen LogP contribution < -0.4 is 9.62 Å². The highest BCUT2D eigenvalue weighted by atomic mass is 79.9. The minimum absolute atomic E-state index is 0.0889. The van der Waals surface area contributed by atoms with E-state index in [4.69, 9.17) is 0 Å². The number of amides is 2. The number of anilines is 1. The molecule has 4 rings (SSSR count). The molecule has 0 saturated heterocycles. The first-order valence-corrected chi connectivity index (χ1v) is 17.3. The molecule has 0 spiro atoms. The number of carbonyl (C=O) groups excluding carboxylic acids is 2. The Morgan fingerprint density at radius 1 is 0.833 bits per heavy atom. The number of benzene rings is 4. The van der Waals surface area contributed by atoms with Gasteiger partial charge in [0.05, 0.1) is 16.1 Å². The van der Waals surface area contributed by atoms with E-state index in [-0.39, 0.29) is 23.5 Å².